The summed E-state index contributed by atoms with van der Waals surface area (Å²) < 4.78 is 27.3. The number of phenols is 1. The van der Waals surface area contributed by atoms with Crippen LogP contribution in [0.5, 0.6) is 5.75 Å². The minimum atomic E-state index is -3.69. The number of nitrogens with one attached hydrogen (secondary N) is 1. The first-order chi connectivity index (χ1) is 8.49. The molecule has 0 unspecified atom stereocenters. The minimum Gasteiger partial charge on any atom is -0.507 e. The molecule has 0 atom stereocenters. The summed E-state index contributed by atoms with van der Waals surface area (Å²) in [5.74, 6) is -0.252. The van der Waals surface area contributed by atoms with Crippen molar-refractivity contribution >= 4 is 37.3 Å². The van der Waals surface area contributed by atoms with Crippen molar-refractivity contribution < 1.29 is 13.5 Å². The third-order valence-electron chi connectivity index (χ3n) is 2.22. The van der Waals surface area contributed by atoms with Gasteiger partial charge < -0.3 is 5.11 Å². The summed E-state index contributed by atoms with van der Waals surface area (Å²) in [4.78, 5) is 0.779. The zero-order valence-electron chi connectivity index (χ0n) is 9.13. The van der Waals surface area contributed by atoms with Gasteiger partial charge in [-0.05, 0) is 40.2 Å². The summed E-state index contributed by atoms with van der Waals surface area (Å²) in [7, 11) is -3.69. The van der Waals surface area contributed by atoms with Gasteiger partial charge in [0.1, 0.15) is 10.6 Å². The monoisotopic (exact) mass is 347 g/mol. The second-order valence-electron chi connectivity index (χ2n) is 3.50. The molecule has 0 fully saturated rings. The fraction of sp³-hybridized carbons (Fsp3) is 0.0909. The topological polar surface area (TPSA) is 66.4 Å². The Morgan fingerprint density at radius 1 is 1.22 bits per heavy atom. The van der Waals surface area contributed by atoms with Crippen LogP contribution in [0.4, 0.5) is 0 Å². The predicted molar refractivity (Wildman–Crippen MR) is 74.2 cm³/mol. The summed E-state index contributed by atoms with van der Waals surface area (Å²) >= 11 is 4.77. The number of halogens is 1. The van der Waals surface area contributed by atoms with E-state index in [4.69, 9.17) is 0 Å². The standard InChI is InChI=1S/C11H10BrNO3S2/c12-11-6-5-8(17-11)7-13-18(15,16)10-4-2-1-3-9(10)14/h1-6,13-14H,7H2. The molecule has 1 aromatic carbocycles. The Kier molecular flexibility index (Phi) is 4.06. The molecule has 0 bridgehead atoms. The third kappa shape index (κ3) is 3.11. The smallest absolute Gasteiger partial charge is 0.244 e. The number of phenolic OH excluding ortho intramolecular Hbond substituents is 1. The normalized spacial score (nSPS) is 11.6. The number of hydrogen-bond acceptors (Lipinski definition) is 4. The predicted octanol–water partition coefficient (Wildman–Crippen LogP) is 2.69. The molecule has 18 heavy (non-hydrogen) atoms. The maximum absolute atomic E-state index is 12.0. The van der Waals surface area contributed by atoms with Gasteiger partial charge >= 0.3 is 0 Å². The molecule has 96 valence electrons. The largest absolute Gasteiger partial charge is 0.507 e. The lowest BCUT2D eigenvalue weighted by molar-refractivity contribution is 0.458. The Morgan fingerprint density at radius 3 is 2.56 bits per heavy atom. The van der Waals surface area contributed by atoms with Gasteiger partial charge in [0.15, 0.2) is 0 Å². The summed E-state index contributed by atoms with van der Waals surface area (Å²) in [6, 6.07) is 9.54. The highest BCUT2D eigenvalue weighted by molar-refractivity contribution is 9.11. The van der Waals surface area contributed by atoms with Gasteiger partial charge in [-0.15, -0.1) is 11.3 Å². The number of benzene rings is 1. The van der Waals surface area contributed by atoms with E-state index in [2.05, 4.69) is 20.7 Å². The van der Waals surface area contributed by atoms with E-state index in [-0.39, 0.29) is 17.2 Å². The molecule has 0 aliphatic heterocycles. The first kappa shape index (κ1) is 13.5. The van der Waals surface area contributed by atoms with E-state index in [9.17, 15) is 13.5 Å². The molecular formula is C11H10BrNO3S2. The fourth-order valence-electron chi connectivity index (χ4n) is 1.38. The molecule has 2 N–H and O–H groups in total. The van der Waals surface area contributed by atoms with E-state index >= 15 is 0 Å². The highest BCUT2D eigenvalue weighted by Crippen LogP contribution is 2.24. The Balaban J connectivity index is 2.16. The molecular weight excluding hydrogens is 338 g/mol. The van der Waals surface area contributed by atoms with E-state index < -0.39 is 10.0 Å². The van der Waals surface area contributed by atoms with E-state index in [1.165, 1.54) is 23.5 Å². The van der Waals surface area contributed by atoms with Crippen LogP contribution in [0.15, 0.2) is 45.1 Å². The Hall–Kier alpha value is -0.890. The summed E-state index contributed by atoms with van der Waals surface area (Å²) in [6.45, 7) is 0.201. The molecule has 4 nitrogen and oxygen atoms in total. The Bertz CT molecular complexity index is 652. The molecule has 2 rings (SSSR count). The second kappa shape index (κ2) is 5.40. The van der Waals surface area contributed by atoms with E-state index in [1.54, 1.807) is 12.1 Å². The van der Waals surface area contributed by atoms with E-state index in [0.717, 1.165) is 8.66 Å². The van der Waals surface area contributed by atoms with Crippen LogP contribution in [0.3, 0.4) is 0 Å². The second-order valence-corrected chi connectivity index (χ2v) is 7.78. The molecule has 0 radical (unpaired) electrons. The van der Waals surface area contributed by atoms with Gasteiger partial charge in [-0.2, -0.15) is 0 Å². The van der Waals surface area contributed by atoms with E-state index in [0.29, 0.717) is 0 Å². The maximum atomic E-state index is 12.0. The first-order valence-corrected chi connectivity index (χ1v) is 8.10. The quantitative estimate of drug-likeness (QED) is 0.893. The zero-order valence-corrected chi connectivity index (χ0v) is 12.3. The highest BCUT2D eigenvalue weighted by Gasteiger charge is 2.17. The van der Waals surface area contributed by atoms with Gasteiger partial charge in [0.05, 0.1) is 3.79 Å². The van der Waals surface area contributed by atoms with Crippen LogP contribution in [0.2, 0.25) is 0 Å². The lowest BCUT2D eigenvalue weighted by Crippen LogP contribution is -2.22. The van der Waals surface area contributed by atoms with Gasteiger partial charge in [0, 0.05) is 11.4 Å². The van der Waals surface area contributed by atoms with Crippen LogP contribution in [-0.2, 0) is 16.6 Å². The van der Waals surface area contributed by atoms with Crippen molar-refractivity contribution in [2.75, 3.05) is 0 Å². The molecule has 0 aliphatic carbocycles. The SMILES string of the molecule is O=S(=O)(NCc1ccc(Br)s1)c1ccccc1O. The van der Waals surface area contributed by atoms with Crippen LogP contribution in [0.1, 0.15) is 4.88 Å². The Morgan fingerprint density at radius 2 is 1.94 bits per heavy atom. The average molecular weight is 348 g/mol. The van der Waals surface area contributed by atoms with Crippen molar-refractivity contribution in [2.45, 2.75) is 11.4 Å². The number of thiophene rings is 1. The molecule has 0 aliphatic rings. The maximum Gasteiger partial charge on any atom is 0.244 e. The van der Waals surface area contributed by atoms with E-state index in [1.807, 2.05) is 12.1 Å². The number of rotatable bonds is 4. The highest BCUT2D eigenvalue weighted by atomic mass is 79.9. The van der Waals surface area contributed by atoms with Crippen molar-refractivity contribution in [3.63, 3.8) is 0 Å². The van der Waals surface area contributed by atoms with Crippen LogP contribution in [0.25, 0.3) is 0 Å². The molecule has 0 spiro atoms. The lowest BCUT2D eigenvalue weighted by atomic mass is 10.3. The molecule has 2 aromatic rings. The summed E-state index contributed by atoms with van der Waals surface area (Å²) in [6.07, 6.45) is 0. The van der Waals surface area contributed by atoms with Crippen molar-refractivity contribution in [3.8, 4) is 5.75 Å². The van der Waals surface area contributed by atoms with Crippen LogP contribution >= 0.6 is 27.3 Å². The first-order valence-electron chi connectivity index (χ1n) is 5.01. The molecule has 0 amide bonds. The van der Waals surface area contributed by atoms with Gasteiger partial charge in [-0.1, -0.05) is 12.1 Å². The van der Waals surface area contributed by atoms with Gasteiger partial charge in [-0.3, -0.25) is 0 Å². The van der Waals surface area contributed by atoms with Crippen LogP contribution < -0.4 is 4.72 Å². The van der Waals surface area contributed by atoms with Gasteiger partial charge in [0.2, 0.25) is 10.0 Å². The minimum absolute atomic E-state index is 0.111. The lowest BCUT2D eigenvalue weighted by Gasteiger charge is -2.06. The Labute approximate surface area is 117 Å². The summed E-state index contributed by atoms with van der Waals surface area (Å²) in [5.41, 5.74) is 0. The molecule has 0 saturated carbocycles. The fourth-order valence-corrected chi connectivity index (χ4v) is 3.99. The number of aromatic hydroxyl groups is 1. The van der Waals surface area contributed by atoms with Crippen molar-refractivity contribution in [2.24, 2.45) is 0 Å². The molecule has 7 heteroatoms. The summed E-state index contributed by atoms with van der Waals surface area (Å²) in [5, 5.41) is 9.52. The molecule has 1 aromatic heterocycles. The zero-order chi connectivity index (χ0) is 13.2. The van der Waals surface area contributed by atoms with Crippen molar-refractivity contribution in [1.82, 2.24) is 4.72 Å². The van der Waals surface area contributed by atoms with Gasteiger partial charge in [-0.25, -0.2) is 13.1 Å². The van der Waals surface area contributed by atoms with Crippen LogP contribution in [0, 0.1) is 0 Å². The van der Waals surface area contributed by atoms with Crippen molar-refractivity contribution in [1.29, 1.82) is 0 Å². The van der Waals surface area contributed by atoms with Gasteiger partial charge in [0.25, 0.3) is 0 Å². The van der Waals surface area contributed by atoms with Crippen molar-refractivity contribution in [3.05, 3.63) is 45.1 Å². The van der Waals surface area contributed by atoms with Crippen LogP contribution in [-0.4, -0.2) is 13.5 Å². The number of para-hydroxylation sites is 1. The molecule has 0 saturated heterocycles. The third-order valence-corrected chi connectivity index (χ3v) is 5.29. The average Bonchev–Trinajstić information content (AvgIpc) is 2.73. The number of sulfonamides is 1. The molecule has 1 heterocycles. The number of hydrogen-bond donors (Lipinski definition) is 2.